The van der Waals surface area contributed by atoms with Crippen LogP contribution >= 0.6 is 22.7 Å². The normalized spacial score (nSPS) is 15.4. The lowest BCUT2D eigenvalue weighted by Gasteiger charge is -2.19. The number of ether oxygens (including phenoxy) is 2. The number of benzene rings is 1. The molecule has 1 aliphatic rings. The highest BCUT2D eigenvalue weighted by atomic mass is 32.1. The minimum absolute atomic E-state index is 0.109. The van der Waals surface area contributed by atoms with Crippen molar-refractivity contribution in [3.8, 4) is 11.5 Å². The third kappa shape index (κ3) is 4.32. The fourth-order valence-electron chi connectivity index (χ4n) is 3.79. The highest BCUT2D eigenvalue weighted by Crippen LogP contribution is 2.41. The zero-order chi connectivity index (χ0) is 21.1. The Kier molecular flexibility index (Phi) is 6.29. The smallest absolute Gasteiger partial charge is 0.259 e. The van der Waals surface area contributed by atoms with Gasteiger partial charge in [0.25, 0.3) is 5.91 Å². The molecule has 1 aromatic carbocycles. The molecule has 0 bridgehead atoms. The van der Waals surface area contributed by atoms with Gasteiger partial charge < -0.3 is 20.1 Å². The summed E-state index contributed by atoms with van der Waals surface area (Å²) in [5.74, 6) is 1.82. The van der Waals surface area contributed by atoms with Gasteiger partial charge in [-0.25, -0.2) is 0 Å². The van der Waals surface area contributed by atoms with Crippen LogP contribution in [0.15, 0.2) is 35.7 Å². The molecule has 7 heteroatoms. The molecule has 2 aromatic heterocycles. The van der Waals surface area contributed by atoms with E-state index in [1.54, 1.807) is 49.0 Å². The highest BCUT2D eigenvalue weighted by molar-refractivity contribution is 7.16. The van der Waals surface area contributed by atoms with Gasteiger partial charge in [0.1, 0.15) is 16.5 Å². The molecule has 0 saturated carbocycles. The number of rotatable bonds is 7. The van der Waals surface area contributed by atoms with Gasteiger partial charge >= 0.3 is 0 Å². The number of carbonyl (C=O) groups excluding carboxylic acids is 1. The van der Waals surface area contributed by atoms with Crippen molar-refractivity contribution in [3.63, 3.8) is 0 Å². The molecule has 0 fully saturated rings. The van der Waals surface area contributed by atoms with E-state index in [0.717, 1.165) is 36.4 Å². The highest BCUT2D eigenvalue weighted by Gasteiger charge is 2.28. The Balaban J connectivity index is 1.65. The van der Waals surface area contributed by atoms with Crippen LogP contribution < -0.4 is 20.1 Å². The topological polar surface area (TPSA) is 59.6 Å². The van der Waals surface area contributed by atoms with E-state index in [1.165, 1.54) is 15.3 Å². The molecule has 158 valence electrons. The maximum absolute atomic E-state index is 13.4. The van der Waals surface area contributed by atoms with Crippen molar-refractivity contribution in [3.05, 3.63) is 56.6 Å². The maximum atomic E-state index is 13.4. The lowest BCUT2D eigenvalue weighted by atomic mass is 9.88. The molecule has 2 heterocycles. The maximum Gasteiger partial charge on any atom is 0.259 e. The molecule has 1 unspecified atom stereocenters. The van der Waals surface area contributed by atoms with Crippen molar-refractivity contribution in [1.29, 1.82) is 0 Å². The van der Waals surface area contributed by atoms with E-state index in [2.05, 4.69) is 29.0 Å². The lowest BCUT2D eigenvalue weighted by molar-refractivity contribution is 0.102. The van der Waals surface area contributed by atoms with Gasteiger partial charge in [-0.05, 0) is 54.3 Å². The summed E-state index contributed by atoms with van der Waals surface area (Å²) in [6.07, 6.45) is 3.08. The van der Waals surface area contributed by atoms with E-state index in [-0.39, 0.29) is 5.91 Å². The number of nitrogens with one attached hydrogen (secondary N) is 2. The third-order valence-corrected chi connectivity index (χ3v) is 7.49. The SMILES string of the molecule is COc1ccc(OC)c(NC(=O)c2c(NCc3cccs3)sc3c2CCC(C)C3)c1. The van der Waals surface area contributed by atoms with Gasteiger partial charge in [-0.2, -0.15) is 0 Å². The number of hydrogen-bond acceptors (Lipinski definition) is 6. The van der Waals surface area contributed by atoms with Crippen LogP contribution in [-0.4, -0.2) is 20.1 Å². The Morgan fingerprint density at radius 3 is 2.83 bits per heavy atom. The number of fused-ring (bicyclic) bond motifs is 1. The molecule has 0 saturated heterocycles. The van der Waals surface area contributed by atoms with Crippen molar-refractivity contribution >= 4 is 39.3 Å². The molecule has 1 amide bonds. The predicted octanol–water partition coefficient (Wildman–Crippen LogP) is 5.82. The zero-order valence-electron chi connectivity index (χ0n) is 17.4. The first-order valence-corrected chi connectivity index (χ1v) is 11.7. The molecule has 1 atom stereocenters. The molecule has 3 aromatic rings. The first-order valence-electron chi connectivity index (χ1n) is 10.0. The number of carbonyl (C=O) groups is 1. The second-order valence-corrected chi connectivity index (χ2v) is 9.65. The van der Waals surface area contributed by atoms with E-state index in [0.29, 0.717) is 23.1 Å². The number of anilines is 2. The van der Waals surface area contributed by atoms with Crippen LogP contribution in [0.5, 0.6) is 11.5 Å². The summed E-state index contributed by atoms with van der Waals surface area (Å²) >= 11 is 3.44. The Labute approximate surface area is 185 Å². The third-order valence-electron chi connectivity index (χ3n) is 5.40. The Morgan fingerprint density at radius 2 is 2.10 bits per heavy atom. The molecular formula is C23H26N2O3S2. The standard InChI is InChI=1S/C23H26N2O3S2/c1-14-6-8-17-20(11-14)30-23(24-13-16-5-4-10-29-16)21(17)22(26)25-18-12-15(27-2)7-9-19(18)28-3/h4-5,7,9-10,12,14,24H,6,8,11,13H2,1-3H3,(H,25,26). The van der Waals surface area contributed by atoms with Crippen molar-refractivity contribution in [2.45, 2.75) is 32.7 Å². The van der Waals surface area contributed by atoms with Crippen LogP contribution in [-0.2, 0) is 19.4 Å². The molecule has 30 heavy (non-hydrogen) atoms. The Hall–Kier alpha value is -2.51. The zero-order valence-corrected chi connectivity index (χ0v) is 19.0. The van der Waals surface area contributed by atoms with Gasteiger partial charge in [0.05, 0.1) is 32.0 Å². The summed E-state index contributed by atoms with van der Waals surface area (Å²) in [6.45, 7) is 3.00. The number of hydrogen-bond donors (Lipinski definition) is 2. The molecule has 5 nitrogen and oxygen atoms in total. The summed E-state index contributed by atoms with van der Waals surface area (Å²) < 4.78 is 10.8. The number of thiophene rings is 2. The number of methoxy groups -OCH3 is 2. The molecular weight excluding hydrogens is 416 g/mol. The second kappa shape index (κ2) is 9.10. The van der Waals surface area contributed by atoms with Gasteiger partial charge in [0.2, 0.25) is 0 Å². The lowest BCUT2D eigenvalue weighted by Crippen LogP contribution is -2.18. The minimum Gasteiger partial charge on any atom is -0.497 e. The summed E-state index contributed by atoms with van der Waals surface area (Å²) in [4.78, 5) is 16.0. The summed E-state index contributed by atoms with van der Waals surface area (Å²) in [7, 11) is 3.20. The molecule has 1 aliphatic carbocycles. The van der Waals surface area contributed by atoms with Crippen molar-refractivity contribution in [1.82, 2.24) is 0 Å². The first kappa shape index (κ1) is 20.8. The van der Waals surface area contributed by atoms with Crippen molar-refractivity contribution in [2.24, 2.45) is 5.92 Å². The van der Waals surface area contributed by atoms with Crippen molar-refractivity contribution in [2.75, 3.05) is 24.9 Å². The average molecular weight is 443 g/mol. The van der Waals surface area contributed by atoms with Gasteiger partial charge in [-0.1, -0.05) is 13.0 Å². The van der Waals surface area contributed by atoms with Crippen LogP contribution in [0.3, 0.4) is 0 Å². The average Bonchev–Trinajstić information content (AvgIpc) is 3.39. The van der Waals surface area contributed by atoms with Crippen LogP contribution in [0.25, 0.3) is 0 Å². The molecule has 2 N–H and O–H groups in total. The van der Waals surface area contributed by atoms with Gasteiger partial charge in [0, 0.05) is 15.8 Å². The summed E-state index contributed by atoms with van der Waals surface area (Å²) in [6, 6.07) is 9.56. The second-order valence-electron chi connectivity index (χ2n) is 7.51. The van der Waals surface area contributed by atoms with Crippen LogP contribution in [0.4, 0.5) is 10.7 Å². The van der Waals surface area contributed by atoms with Crippen molar-refractivity contribution < 1.29 is 14.3 Å². The van der Waals surface area contributed by atoms with Gasteiger partial charge in [0.15, 0.2) is 0 Å². The fourth-order valence-corrected chi connectivity index (χ4v) is 5.84. The first-order chi connectivity index (χ1) is 14.6. The largest absolute Gasteiger partial charge is 0.497 e. The van der Waals surface area contributed by atoms with Gasteiger partial charge in [-0.3, -0.25) is 4.79 Å². The number of amides is 1. The minimum atomic E-state index is -0.109. The van der Waals surface area contributed by atoms with Crippen LogP contribution in [0.2, 0.25) is 0 Å². The van der Waals surface area contributed by atoms with Crippen LogP contribution in [0.1, 0.15) is 39.0 Å². The van der Waals surface area contributed by atoms with Crippen LogP contribution in [0, 0.1) is 5.92 Å². The van der Waals surface area contributed by atoms with E-state index < -0.39 is 0 Å². The molecule has 0 spiro atoms. The summed E-state index contributed by atoms with van der Waals surface area (Å²) in [5.41, 5.74) is 2.56. The molecule has 0 aliphatic heterocycles. The van der Waals surface area contributed by atoms with E-state index in [9.17, 15) is 4.79 Å². The fraction of sp³-hybridized carbons (Fsp3) is 0.348. The molecule has 4 rings (SSSR count). The summed E-state index contributed by atoms with van der Waals surface area (Å²) in [5, 5.41) is 9.59. The van der Waals surface area contributed by atoms with E-state index >= 15 is 0 Å². The quantitative estimate of drug-likeness (QED) is 0.484. The predicted molar refractivity (Wildman–Crippen MR) is 125 cm³/mol. The van der Waals surface area contributed by atoms with Gasteiger partial charge in [-0.15, -0.1) is 22.7 Å². The molecule has 0 radical (unpaired) electrons. The Bertz CT molecular complexity index is 1030. The van der Waals surface area contributed by atoms with E-state index in [1.807, 2.05) is 12.1 Å². The monoisotopic (exact) mass is 442 g/mol. The Morgan fingerprint density at radius 1 is 1.23 bits per heavy atom. The van der Waals surface area contributed by atoms with E-state index in [4.69, 9.17) is 9.47 Å².